The van der Waals surface area contributed by atoms with Crippen LogP contribution in [0.2, 0.25) is 0 Å². The van der Waals surface area contributed by atoms with Crippen LogP contribution in [0.3, 0.4) is 0 Å². The number of aromatic amines is 1. The molecule has 0 radical (unpaired) electrons. The smallest absolute Gasteiger partial charge is 0.246 e. The Labute approximate surface area is 155 Å². The molecular weight excluding hydrogens is 353 g/mol. The highest BCUT2D eigenvalue weighted by Gasteiger charge is 2.23. The maximum absolute atomic E-state index is 13.8. The number of rotatable bonds is 6. The highest BCUT2D eigenvalue weighted by Crippen LogP contribution is 2.18. The van der Waals surface area contributed by atoms with Crippen molar-refractivity contribution in [3.63, 3.8) is 0 Å². The number of hydrogen-bond donors (Lipinski definition) is 1. The summed E-state index contributed by atoms with van der Waals surface area (Å²) in [5.41, 5.74) is 0.768. The number of carbonyl (C=O) groups is 2. The van der Waals surface area contributed by atoms with Crippen molar-refractivity contribution in [2.45, 2.75) is 13.0 Å². The van der Waals surface area contributed by atoms with Crippen LogP contribution in [-0.4, -0.2) is 59.0 Å². The fourth-order valence-electron chi connectivity index (χ4n) is 2.70. The third-order valence-electron chi connectivity index (χ3n) is 4.13. The topological polar surface area (TPSA) is 84.5 Å². The third kappa shape index (κ3) is 5.01. The number of amides is 1. The molecule has 1 aliphatic rings. The molecule has 2 aromatic rings. The standard InChI is InChI=1S/C19H20FN3O4/c1-13(24)17-4-3-15(8-18(17)20)27-11-16-10-23(6-7-26-16)19(25)5-2-14-9-21-12-22-14/h2-5,8-9,12,16H,6-7,10-11H2,1H3,(H,21,22). The molecule has 7 nitrogen and oxygen atoms in total. The number of aromatic nitrogens is 2. The van der Waals surface area contributed by atoms with Crippen LogP contribution in [0.4, 0.5) is 4.39 Å². The first kappa shape index (κ1) is 18.8. The van der Waals surface area contributed by atoms with Gasteiger partial charge < -0.3 is 19.4 Å². The summed E-state index contributed by atoms with van der Waals surface area (Å²) in [6.45, 7) is 2.74. The Morgan fingerprint density at radius 2 is 2.33 bits per heavy atom. The summed E-state index contributed by atoms with van der Waals surface area (Å²) in [6, 6.07) is 4.11. The summed E-state index contributed by atoms with van der Waals surface area (Å²) in [6.07, 6.45) is 5.98. The van der Waals surface area contributed by atoms with E-state index in [1.807, 2.05) is 0 Å². The van der Waals surface area contributed by atoms with Gasteiger partial charge in [0.1, 0.15) is 24.3 Å². The van der Waals surface area contributed by atoms with Gasteiger partial charge in [0.05, 0.1) is 36.9 Å². The number of Topliss-reactive ketones (excluding diaryl/α,β-unsaturated/α-hetero) is 1. The number of imidazole rings is 1. The first-order chi connectivity index (χ1) is 13.0. The second kappa shape index (κ2) is 8.59. The van der Waals surface area contributed by atoms with E-state index in [9.17, 15) is 14.0 Å². The first-order valence-electron chi connectivity index (χ1n) is 8.53. The molecule has 1 saturated heterocycles. The van der Waals surface area contributed by atoms with Crippen molar-refractivity contribution in [1.82, 2.24) is 14.9 Å². The van der Waals surface area contributed by atoms with Crippen molar-refractivity contribution in [3.05, 3.63) is 53.9 Å². The summed E-state index contributed by atoms with van der Waals surface area (Å²) in [7, 11) is 0. The van der Waals surface area contributed by atoms with Crippen LogP contribution in [0.15, 0.2) is 36.8 Å². The lowest BCUT2D eigenvalue weighted by Gasteiger charge is -2.32. The Morgan fingerprint density at radius 3 is 3.04 bits per heavy atom. The molecule has 0 spiro atoms. The van der Waals surface area contributed by atoms with E-state index in [1.54, 1.807) is 23.2 Å². The average Bonchev–Trinajstić information content (AvgIpc) is 3.18. The summed E-state index contributed by atoms with van der Waals surface area (Å²) in [5, 5.41) is 0. The molecule has 1 aromatic heterocycles. The molecule has 1 N–H and O–H groups in total. The molecule has 0 aliphatic carbocycles. The van der Waals surface area contributed by atoms with Gasteiger partial charge in [0, 0.05) is 18.7 Å². The molecule has 2 heterocycles. The molecule has 142 valence electrons. The van der Waals surface area contributed by atoms with E-state index >= 15 is 0 Å². The van der Waals surface area contributed by atoms with Crippen molar-refractivity contribution >= 4 is 17.8 Å². The normalized spacial score (nSPS) is 17.3. The van der Waals surface area contributed by atoms with Gasteiger partial charge >= 0.3 is 0 Å². The number of carbonyl (C=O) groups excluding carboxylic acids is 2. The van der Waals surface area contributed by atoms with Gasteiger partial charge in [-0.3, -0.25) is 9.59 Å². The number of halogens is 1. The van der Waals surface area contributed by atoms with Gasteiger partial charge in [-0.15, -0.1) is 0 Å². The molecule has 1 aliphatic heterocycles. The highest BCUT2D eigenvalue weighted by atomic mass is 19.1. The van der Waals surface area contributed by atoms with Gasteiger partial charge in [-0.05, 0) is 25.1 Å². The molecule has 3 rings (SSSR count). The van der Waals surface area contributed by atoms with E-state index < -0.39 is 5.82 Å². The number of morpholine rings is 1. The van der Waals surface area contributed by atoms with Crippen molar-refractivity contribution in [3.8, 4) is 5.75 Å². The molecule has 0 saturated carbocycles. The van der Waals surface area contributed by atoms with Crippen molar-refractivity contribution in [1.29, 1.82) is 0 Å². The van der Waals surface area contributed by atoms with Gasteiger partial charge in [-0.25, -0.2) is 9.37 Å². The number of hydrogen-bond acceptors (Lipinski definition) is 5. The van der Waals surface area contributed by atoms with E-state index in [0.717, 1.165) is 5.69 Å². The number of benzene rings is 1. The highest BCUT2D eigenvalue weighted by molar-refractivity contribution is 5.94. The quantitative estimate of drug-likeness (QED) is 0.619. The van der Waals surface area contributed by atoms with Crippen LogP contribution in [-0.2, 0) is 9.53 Å². The molecule has 1 fully saturated rings. The fourth-order valence-corrected chi connectivity index (χ4v) is 2.70. The predicted molar refractivity (Wildman–Crippen MR) is 95.8 cm³/mol. The lowest BCUT2D eigenvalue weighted by Crippen LogP contribution is -2.47. The number of nitrogens with one attached hydrogen (secondary N) is 1. The van der Waals surface area contributed by atoms with Crippen LogP contribution in [0.25, 0.3) is 6.08 Å². The molecule has 1 amide bonds. The van der Waals surface area contributed by atoms with Crippen molar-refractivity contribution < 1.29 is 23.5 Å². The molecule has 27 heavy (non-hydrogen) atoms. The van der Waals surface area contributed by atoms with Crippen LogP contribution in [0.1, 0.15) is 23.0 Å². The molecule has 1 atom stereocenters. The summed E-state index contributed by atoms with van der Waals surface area (Å²) in [4.78, 5) is 32.0. The minimum Gasteiger partial charge on any atom is -0.491 e. The first-order valence-corrected chi connectivity index (χ1v) is 8.53. The van der Waals surface area contributed by atoms with E-state index in [1.165, 1.54) is 31.5 Å². The van der Waals surface area contributed by atoms with Crippen LogP contribution in [0.5, 0.6) is 5.75 Å². The minimum absolute atomic E-state index is 0.0251. The van der Waals surface area contributed by atoms with Gasteiger partial charge in [0.2, 0.25) is 5.91 Å². The lowest BCUT2D eigenvalue weighted by molar-refractivity contribution is -0.134. The number of ketones is 1. The second-order valence-corrected chi connectivity index (χ2v) is 6.13. The molecule has 1 aromatic carbocycles. The molecule has 0 bridgehead atoms. The SMILES string of the molecule is CC(=O)c1ccc(OCC2CN(C(=O)C=Cc3cnc[nH]3)CCO2)cc1F. The number of nitrogens with zero attached hydrogens (tertiary/aromatic N) is 2. The molecule has 8 heteroatoms. The average molecular weight is 373 g/mol. The van der Waals surface area contributed by atoms with Crippen molar-refractivity contribution in [2.75, 3.05) is 26.3 Å². The maximum Gasteiger partial charge on any atom is 0.246 e. The zero-order valence-corrected chi connectivity index (χ0v) is 14.9. The minimum atomic E-state index is -0.620. The van der Waals surface area contributed by atoms with Crippen LogP contribution < -0.4 is 4.74 Å². The number of H-pyrrole nitrogens is 1. The van der Waals surface area contributed by atoms with Crippen LogP contribution in [0, 0.1) is 5.82 Å². The summed E-state index contributed by atoms with van der Waals surface area (Å²) in [5.74, 6) is -0.782. The second-order valence-electron chi connectivity index (χ2n) is 6.13. The lowest BCUT2D eigenvalue weighted by atomic mass is 10.1. The predicted octanol–water partition coefficient (Wildman–Crippen LogP) is 2.07. The maximum atomic E-state index is 13.8. The zero-order valence-electron chi connectivity index (χ0n) is 14.9. The van der Waals surface area contributed by atoms with Gasteiger partial charge in [0.15, 0.2) is 5.78 Å². The van der Waals surface area contributed by atoms with Crippen LogP contribution >= 0.6 is 0 Å². The summed E-state index contributed by atoms with van der Waals surface area (Å²) < 4.78 is 25.0. The fraction of sp³-hybridized carbons (Fsp3) is 0.316. The Bertz CT molecular complexity index is 835. The van der Waals surface area contributed by atoms with E-state index in [-0.39, 0.29) is 30.0 Å². The van der Waals surface area contributed by atoms with Gasteiger partial charge in [-0.2, -0.15) is 0 Å². The molecular formula is C19H20FN3O4. The Morgan fingerprint density at radius 1 is 1.48 bits per heavy atom. The molecule has 1 unspecified atom stereocenters. The zero-order chi connectivity index (χ0) is 19.2. The van der Waals surface area contributed by atoms with Crippen molar-refractivity contribution in [2.24, 2.45) is 0 Å². The number of ether oxygens (including phenoxy) is 2. The Balaban J connectivity index is 1.53. The van der Waals surface area contributed by atoms with E-state index in [2.05, 4.69) is 9.97 Å². The Hall–Kier alpha value is -3.00. The largest absolute Gasteiger partial charge is 0.491 e. The van der Waals surface area contributed by atoms with Gasteiger partial charge in [0.25, 0.3) is 0 Å². The van der Waals surface area contributed by atoms with E-state index in [0.29, 0.717) is 25.4 Å². The summed E-state index contributed by atoms with van der Waals surface area (Å²) >= 11 is 0. The monoisotopic (exact) mass is 373 g/mol. The Kier molecular flexibility index (Phi) is 5.97. The van der Waals surface area contributed by atoms with E-state index in [4.69, 9.17) is 9.47 Å². The third-order valence-corrected chi connectivity index (χ3v) is 4.13. The van der Waals surface area contributed by atoms with Gasteiger partial charge in [-0.1, -0.05) is 0 Å².